The van der Waals surface area contributed by atoms with Gasteiger partial charge in [-0.1, -0.05) is 18.2 Å². The number of hydrogen-bond acceptors (Lipinski definition) is 10. The van der Waals surface area contributed by atoms with Gasteiger partial charge in [-0.25, -0.2) is 0 Å². The number of ether oxygens (including phenoxy) is 2. The summed E-state index contributed by atoms with van der Waals surface area (Å²) in [4.78, 5) is 44.2. The van der Waals surface area contributed by atoms with E-state index < -0.39 is 0 Å². The van der Waals surface area contributed by atoms with E-state index >= 15 is 0 Å². The summed E-state index contributed by atoms with van der Waals surface area (Å²) >= 11 is 0. The first-order valence-corrected chi connectivity index (χ1v) is 12.1. The maximum Gasteiger partial charge on any atom is 0.255 e. The largest absolute Gasteiger partial charge is 0.470 e. The molecule has 39 heavy (non-hydrogen) atoms. The van der Waals surface area contributed by atoms with Crippen LogP contribution in [0.15, 0.2) is 48.7 Å². The lowest BCUT2D eigenvalue weighted by Crippen LogP contribution is -2.50. The summed E-state index contributed by atoms with van der Waals surface area (Å²) in [7, 11) is 3.14. The van der Waals surface area contributed by atoms with E-state index in [2.05, 4.69) is 20.3 Å². The van der Waals surface area contributed by atoms with Gasteiger partial charge in [0.1, 0.15) is 19.8 Å². The molecule has 0 atom stereocenters. The number of likely N-dealkylation sites (N-methyl/N-ethyl adjacent to an activating group) is 1. The molecule has 0 bridgehead atoms. The molecule has 4 heterocycles. The predicted octanol–water partition coefficient (Wildman–Crippen LogP) is 0.681. The molecule has 1 aromatic carbocycles. The zero-order chi connectivity index (χ0) is 27.5. The molecular weight excluding hydrogens is 504 g/mol. The van der Waals surface area contributed by atoms with Crippen molar-refractivity contribution in [1.82, 2.24) is 34.6 Å². The van der Waals surface area contributed by atoms with E-state index in [0.717, 1.165) is 5.39 Å². The number of fused-ring (bicyclic) bond motifs is 3. The summed E-state index contributed by atoms with van der Waals surface area (Å²) in [5, 5.41) is 14.3. The quantitative estimate of drug-likeness (QED) is 0.321. The fourth-order valence-electron chi connectivity index (χ4n) is 4.15. The van der Waals surface area contributed by atoms with Gasteiger partial charge in [-0.05, 0) is 18.2 Å². The van der Waals surface area contributed by atoms with E-state index in [1.807, 2.05) is 24.3 Å². The van der Waals surface area contributed by atoms with Crippen LogP contribution in [-0.2, 0) is 20.9 Å². The Labute approximate surface area is 222 Å². The normalized spacial score (nSPS) is 14.3. The smallest absolute Gasteiger partial charge is 0.255 e. The van der Waals surface area contributed by atoms with Crippen LogP contribution in [0.2, 0.25) is 0 Å². The highest BCUT2D eigenvalue weighted by atomic mass is 16.5. The maximum absolute atomic E-state index is 12.8. The Morgan fingerprint density at radius 1 is 1.10 bits per heavy atom. The number of piperazine rings is 1. The van der Waals surface area contributed by atoms with Crippen molar-refractivity contribution in [1.29, 1.82) is 0 Å². The molecule has 2 amide bonds. The molecule has 0 spiro atoms. The SMILES string of the molecule is COCC(=O)C=C(N)c1nnc2c3ccccc3c(OCc3ccc(C(=O)N4CCN(C)C(=O)C4)cn3)nn12. The lowest BCUT2D eigenvalue weighted by Gasteiger charge is -2.31. The van der Waals surface area contributed by atoms with E-state index in [0.29, 0.717) is 35.4 Å². The number of nitrogens with two attached hydrogens (primary N) is 1. The minimum absolute atomic E-state index is 0.0484. The molecule has 1 aliphatic heterocycles. The van der Waals surface area contributed by atoms with Crippen LogP contribution in [0.5, 0.6) is 5.88 Å². The second kappa shape index (κ2) is 10.8. The van der Waals surface area contributed by atoms with Crippen LogP contribution < -0.4 is 10.5 Å². The van der Waals surface area contributed by atoms with Gasteiger partial charge >= 0.3 is 0 Å². The Morgan fingerprint density at radius 3 is 2.62 bits per heavy atom. The lowest BCUT2D eigenvalue weighted by atomic mass is 10.2. The van der Waals surface area contributed by atoms with Gasteiger partial charge in [-0.3, -0.25) is 19.4 Å². The molecule has 0 unspecified atom stereocenters. The van der Waals surface area contributed by atoms with Crippen molar-refractivity contribution in [3.63, 3.8) is 0 Å². The van der Waals surface area contributed by atoms with Crippen molar-refractivity contribution in [3.8, 4) is 5.88 Å². The first-order chi connectivity index (χ1) is 18.9. The molecule has 0 aliphatic carbocycles. The number of aromatic nitrogens is 5. The van der Waals surface area contributed by atoms with Crippen molar-refractivity contribution in [2.45, 2.75) is 6.61 Å². The third kappa shape index (κ3) is 5.25. The number of amides is 2. The fraction of sp³-hybridized carbons (Fsp3) is 0.269. The van der Waals surface area contributed by atoms with Crippen molar-refractivity contribution in [2.75, 3.05) is 40.4 Å². The van der Waals surface area contributed by atoms with Gasteiger partial charge in [-0.15, -0.1) is 15.3 Å². The monoisotopic (exact) mass is 530 g/mol. The van der Waals surface area contributed by atoms with E-state index in [-0.39, 0.29) is 54.8 Å². The molecule has 2 N–H and O–H groups in total. The minimum atomic E-state index is -0.323. The molecule has 5 rings (SSSR count). The number of hydrogen-bond donors (Lipinski definition) is 1. The number of benzene rings is 1. The molecule has 1 aliphatic rings. The standard InChI is InChI=1S/C26H26N8O5/c1-32-9-10-33(13-22(32)36)26(37)16-7-8-17(28-12-16)14-39-25-20-6-4-3-5-19(20)23-29-30-24(34(23)31-25)21(27)11-18(35)15-38-2/h3-8,11-12H,9-10,13-15,27H2,1-2H3. The fourth-order valence-corrected chi connectivity index (χ4v) is 4.15. The van der Waals surface area contributed by atoms with Crippen LogP contribution in [-0.4, -0.2) is 92.6 Å². The average molecular weight is 531 g/mol. The van der Waals surface area contributed by atoms with Gasteiger partial charge in [-0.2, -0.15) is 4.52 Å². The van der Waals surface area contributed by atoms with Crippen LogP contribution in [0.4, 0.5) is 0 Å². The lowest BCUT2D eigenvalue weighted by molar-refractivity contribution is -0.133. The highest BCUT2D eigenvalue weighted by Crippen LogP contribution is 2.27. The van der Waals surface area contributed by atoms with E-state index in [4.69, 9.17) is 15.2 Å². The molecule has 1 saturated heterocycles. The van der Waals surface area contributed by atoms with Crippen molar-refractivity contribution in [3.05, 3.63) is 65.8 Å². The van der Waals surface area contributed by atoms with Crippen molar-refractivity contribution in [2.24, 2.45) is 5.73 Å². The van der Waals surface area contributed by atoms with Gasteiger partial charge in [0.25, 0.3) is 5.91 Å². The summed E-state index contributed by atoms with van der Waals surface area (Å²) in [5.41, 5.74) is 7.62. The first-order valence-electron chi connectivity index (χ1n) is 12.1. The Kier molecular flexibility index (Phi) is 7.14. The molecular formula is C26H26N8O5. The van der Waals surface area contributed by atoms with Crippen LogP contribution in [0.3, 0.4) is 0 Å². The van der Waals surface area contributed by atoms with Gasteiger partial charge in [0.2, 0.25) is 17.6 Å². The predicted molar refractivity (Wildman–Crippen MR) is 139 cm³/mol. The average Bonchev–Trinajstić information content (AvgIpc) is 3.37. The molecule has 4 aromatic rings. The molecule has 13 nitrogen and oxygen atoms in total. The Morgan fingerprint density at radius 2 is 1.90 bits per heavy atom. The van der Waals surface area contributed by atoms with Gasteiger partial charge in [0, 0.05) is 50.3 Å². The van der Waals surface area contributed by atoms with E-state index in [1.165, 1.54) is 28.8 Å². The van der Waals surface area contributed by atoms with Gasteiger partial charge < -0.3 is 25.0 Å². The number of methoxy groups -OCH3 is 1. The topological polar surface area (TPSA) is 158 Å². The number of nitrogens with zero attached hydrogens (tertiary/aromatic N) is 7. The van der Waals surface area contributed by atoms with Crippen LogP contribution in [0.1, 0.15) is 21.9 Å². The number of rotatable bonds is 8. The molecule has 3 aromatic heterocycles. The highest BCUT2D eigenvalue weighted by Gasteiger charge is 2.26. The summed E-state index contributed by atoms with van der Waals surface area (Å²) in [6.07, 6.45) is 2.70. The van der Waals surface area contributed by atoms with Crippen LogP contribution in [0, 0.1) is 0 Å². The van der Waals surface area contributed by atoms with E-state index in [1.54, 1.807) is 24.1 Å². The van der Waals surface area contributed by atoms with Crippen molar-refractivity contribution >= 4 is 39.7 Å². The second-order valence-electron chi connectivity index (χ2n) is 8.98. The number of carbonyl (C=O) groups excluding carboxylic acids is 3. The number of ketones is 1. The van der Waals surface area contributed by atoms with Crippen LogP contribution >= 0.6 is 0 Å². The molecule has 13 heteroatoms. The van der Waals surface area contributed by atoms with Gasteiger partial charge in [0.15, 0.2) is 11.4 Å². The Bertz CT molecular complexity index is 1600. The molecule has 1 fully saturated rings. The minimum Gasteiger partial charge on any atom is -0.470 e. The number of carbonyl (C=O) groups is 3. The summed E-state index contributed by atoms with van der Waals surface area (Å²) < 4.78 is 12.3. The third-order valence-electron chi connectivity index (χ3n) is 6.26. The third-order valence-corrected chi connectivity index (χ3v) is 6.26. The molecule has 200 valence electrons. The summed E-state index contributed by atoms with van der Waals surface area (Å²) in [5.74, 6) is -0.193. The second-order valence-corrected chi connectivity index (χ2v) is 8.98. The summed E-state index contributed by atoms with van der Waals surface area (Å²) in [6.45, 7) is 0.964. The van der Waals surface area contributed by atoms with Gasteiger partial charge in [0.05, 0.1) is 17.0 Å². The molecule has 0 radical (unpaired) electrons. The molecule has 0 saturated carbocycles. The van der Waals surface area contributed by atoms with E-state index in [9.17, 15) is 14.4 Å². The summed E-state index contributed by atoms with van der Waals surface area (Å²) in [6, 6.07) is 10.8. The zero-order valence-electron chi connectivity index (χ0n) is 21.4. The Balaban J connectivity index is 1.38. The first kappa shape index (κ1) is 25.7. The van der Waals surface area contributed by atoms with Crippen molar-refractivity contribution < 1.29 is 23.9 Å². The highest BCUT2D eigenvalue weighted by molar-refractivity contribution is 5.99. The zero-order valence-corrected chi connectivity index (χ0v) is 21.4. The number of pyridine rings is 1. The van der Waals surface area contributed by atoms with Crippen LogP contribution in [0.25, 0.3) is 22.1 Å². The Hall–Kier alpha value is -4.91. The maximum atomic E-state index is 12.8.